The topological polar surface area (TPSA) is 38.9 Å². The van der Waals surface area contributed by atoms with E-state index in [2.05, 4.69) is 22.1 Å². The van der Waals surface area contributed by atoms with E-state index in [0.29, 0.717) is 39.2 Å². The molecule has 0 amide bonds. The summed E-state index contributed by atoms with van der Waals surface area (Å²) in [6.45, 7) is -7.35. The summed E-state index contributed by atoms with van der Waals surface area (Å²) in [4.78, 5) is 8.69. The van der Waals surface area contributed by atoms with Gasteiger partial charge in [-0.15, -0.1) is 47.5 Å². The molecule has 0 aliphatic carbocycles. The Morgan fingerprint density at radius 1 is 0.600 bits per heavy atom. The average molecular weight is 976 g/mol. The first kappa shape index (κ1) is 25.6. The van der Waals surface area contributed by atoms with Crippen molar-refractivity contribution in [2.45, 2.75) is 61.4 Å². The second-order valence-corrected chi connectivity index (χ2v) is 15.2. The van der Waals surface area contributed by atoms with Crippen molar-refractivity contribution in [1.29, 1.82) is 0 Å². The number of benzene rings is 6. The number of nitrogens with zero attached hydrogens (tertiary/aromatic N) is 2. The van der Waals surface area contributed by atoms with Crippen molar-refractivity contribution in [3.63, 3.8) is 0 Å². The molecule has 0 saturated carbocycles. The van der Waals surface area contributed by atoms with E-state index < -0.39 is 46.0 Å². The second-order valence-electron chi connectivity index (χ2n) is 15.2. The fraction of sp³-hybridized carbons (Fsp3) is 0.179. The molecule has 9 aromatic rings. The molecule has 0 atom stereocenters. The zero-order chi connectivity index (χ0) is 55.6. The molecule has 0 fully saturated rings. The Bertz CT molecular complexity index is 3590. The molecule has 0 aliphatic heterocycles. The molecule has 0 spiro atoms. The minimum absolute atomic E-state index is 0. The Labute approximate surface area is 392 Å². The van der Waals surface area contributed by atoms with Gasteiger partial charge in [-0.3, -0.25) is 0 Å². The van der Waals surface area contributed by atoms with Crippen LogP contribution in [0.15, 0.2) is 150 Å². The summed E-state index contributed by atoms with van der Waals surface area (Å²) < 4.78 is 144. The van der Waals surface area contributed by atoms with Gasteiger partial charge in [0.2, 0.25) is 0 Å². The molecule has 6 aromatic carbocycles. The van der Waals surface area contributed by atoms with Crippen LogP contribution in [0.5, 0.6) is 0 Å². The van der Waals surface area contributed by atoms with Crippen LogP contribution in [0, 0.1) is 51.8 Å². The first-order valence-corrected chi connectivity index (χ1v) is 19.0. The number of fused-ring (bicyclic) bond motifs is 3. The fourth-order valence-electron chi connectivity index (χ4n) is 7.00. The summed E-state index contributed by atoms with van der Waals surface area (Å²) in [5.41, 5.74) is 4.45. The first-order valence-electron chi connectivity index (χ1n) is 27.5. The minimum atomic E-state index is -2.74. The maximum Gasteiger partial charge on any atom is 0.120 e. The van der Waals surface area contributed by atoms with Crippen LogP contribution in [0.1, 0.15) is 77.5 Å². The molecule has 301 valence electrons. The van der Waals surface area contributed by atoms with Crippen molar-refractivity contribution < 1.29 is 47.8 Å². The van der Waals surface area contributed by atoms with E-state index in [1.807, 2.05) is 60.7 Å². The maximum absolute atomic E-state index is 8.71. The van der Waals surface area contributed by atoms with Gasteiger partial charge in [-0.2, -0.15) is 0 Å². The van der Waals surface area contributed by atoms with Gasteiger partial charge in [0, 0.05) is 61.2 Å². The Hall–Kier alpha value is -5.93. The van der Waals surface area contributed by atoms with Crippen LogP contribution < -0.4 is 0 Å². The maximum atomic E-state index is 8.71. The van der Waals surface area contributed by atoms with E-state index in [4.69, 9.17) is 27.7 Å². The summed E-state index contributed by atoms with van der Waals surface area (Å²) in [6.07, 6.45) is 0.670. The van der Waals surface area contributed by atoms with Crippen molar-refractivity contribution in [1.82, 2.24) is 9.97 Å². The molecule has 3 nitrogen and oxygen atoms in total. The molecule has 9 rings (SSSR count). The van der Waals surface area contributed by atoms with Gasteiger partial charge in [-0.05, 0) is 112 Å². The number of hydrogen-bond acceptors (Lipinski definition) is 3. The molecule has 3 heterocycles. The number of para-hydroxylation sites is 1. The Morgan fingerprint density at radius 3 is 2.13 bits per heavy atom. The normalized spacial score (nSPS) is 16.8. The number of aromatic nitrogens is 2. The molecular weight excluding hydrogens is 909 g/mol. The fourth-order valence-corrected chi connectivity index (χ4v) is 7.00. The van der Waals surface area contributed by atoms with Gasteiger partial charge >= 0.3 is 0 Å². The van der Waals surface area contributed by atoms with Gasteiger partial charge < -0.3 is 14.4 Å². The third kappa shape index (κ3) is 9.11. The molecule has 0 N–H and O–H groups in total. The Balaban J connectivity index is 0.000000268. The predicted molar refractivity (Wildman–Crippen MR) is 247 cm³/mol. The van der Waals surface area contributed by atoms with Crippen LogP contribution in [0.3, 0.4) is 0 Å². The molecular formula is C56H50IrN2O-2. The van der Waals surface area contributed by atoms with E-state index in [9.17, 15) is 0 Å². The predicted octanol–water partition coefficient (Wildman–Crippen LogP) is 15.1. The SMILES string of the molecule is [2H]C([2H])([2H])c1cc(C([2H])([2H])C(C)(C)C)ccc1-c1ccc(-c2cc(-c3[c-]ccc4c3oc3ccccc34)ncc2C([2H])([2H])[2H])c(C([2H])([2H])[2H])c1.[2H]C([2H])([2H])c1ccc(-c2[c-]cc(C([2H])([2H])[2H])c(-c3ccccc3)c2)nc1.[Ir]. The van der Waals surface area contributed by atoms with Gasteiger partial charge in [-0.25, -0.2) is 0 Å². The molecule has 0 aliphatic rings. The van der Waals surface area contributed by atoms with E-state index in [-0.39, 0.29) is 75.7 Å². The summed E-state index contributed by atoms with van der Waals surface area (Å²) in [5, 5.41) is 1.70. The number of hydrogen-bond donors (Lipinski definition) is 0. The van der Waals surface area contributed by atoms with Crippen LogP contribution >= 0.6 is 0 Å². The monoisotopic (exact) mass is 976 g/mol. The minimum Gasteiger partial charge on any atom is -0.501 e. The van der Waals surface area contributed by atoms with Crippen LogP contribution in [0.25, 0.3) is 77.8 Å². The molecule has 4 heteroatoms. The van der Waals surface area contributed by atoms with Crippen molar-refractivity contribution in [3.05, 3.63) is 191 Å². The van der Waals surface area contributed by atoms with E-state index in [0.717, 1.165) is 16.3 Å². The summed E-state index contributed by atoms with van der Waals surface area (Å²) in [5.74, 6) is 0. The number of aryl methyl sites for hydroxylation is 5. The van der Waals surface area contributed by atoms with Gasteiger partial charge in [0.05, 0.1) is 5.58 Å². The summed E-state index contributed by atoms with van der Waals surface area (Å²) in [7, 11) is 0. The van der Waals surface area contributed by atoms with Crippen molar-refractivity contribution in [3.8, 4) is 55.9 Å². The molecule has 3 aromatic heterocycles. The molecule has 0 saturated heterocycles. The van der Waals surface area contributed by atoms with Gasteiger partial charge in [0.25, 0.3) is 0 Å². The summed E-state index contributed by atoms with van der Waals surface area (Å²) >= 11 is 0. The van der Waals surface area contributed by atoms with Gasteiger partial charge in [0.15, 0.2) is 0 Å². The second kappa shape index (κ2) is 17.7. The van der Waals surface area contributed by atoms with Gasteiger partial charge in [-0.1, -0.05) is 147 Å². The number of furan rings is 1. The zero-order valence-corrected chi connectivity index (χ0v) is 35.4. The van der Waals surface area contributed by atoms with Crippen LogP contribution in [-0.4, -0.2) is 9.97 Å². The first-order chi connectivity index (χ1) is 35.2. The van der Waals surface area contributed by atoms with E-state index >= 15 is 0 Å². The van der Waals surface area contributed by atoms with Crippen LogP contribution in [-0.2, 0) is 26.5 Å². The Morgan fingerprint density at radius 2 is 1.37 bits per heavy atom. The smallest absolute Gasteiger partial charge is 0.120 e. The van der Waals surface area contributed by atoms with Crippen LogP contribution in [0.4, 0.5) is 0 Å². The standard InChI is InChI=1S/C37H34NO.C19H16N.Ir/c1-23-18-26(21-37(4,5)6)14-16-28(23)27-15-17-29(24(2)19-27)33-20-34(38-22-25(33)3)32-12-9-11-31-30-10-7-8-13-35(30)39-36(31)32;1-14-8-11-19(20-13-14)17-10-9-15(2)18(12-17)16-6-4-3-5-7-16;/h7-11,13-20,22H,21H2,1-6H3;3-9,11-13H,1-2H3;/q2*-1;/i1D3,2D3,3D3,21D2;1D3,2D3;. The van der Waals surface area contributed by atoms with Gasteiger partial charge in [0.1, 0.15) is 5.58 Å². The zero-order valence-electron chi connectivity index (χ0n) is 50.0. The number of pyridine rings is 2. The number of rotatable bonds is 6. The average Bonchev–Trinajstić information content (AvgIpc) is 3.74. The van der Waals surface area contributed by atoms with E-state index in [1.54, 1.807) is 45.0 Å². The molecule has 0 bridgehead atoms. The van der Waals surface area contributed by atoms with E-state index in [1.165, 1.54) is 60.9 Å². The Kier molecular flexibility index (Phi) is 7.58. The molecule has 60 heavy (non-hydrogen) atoms. The third-order valence-electron chi connectivity index (χ3n) is 9.73. The molecule has 1 radical (unpaired) electrons. The van der Waals surface area contributed by atoms with Crippen molar-refractivity contribution in [2.24, 2.45) is 5.41 Å². The summed E-state index contributed by atoms with van der Waals surface area (Å²) in [6, 6.07) is 43.1. The van der Waals surface area contributed by atoms with Crippen molar-refractivity contribution in [2.75, 3.05) is 0 Å². The van der Waals surface area contributed by atoms with Crippen LogP contribution in [0.2, 0.25) is 0 Å². The van der Waals surface area contributed by atoms with Crippen molar-refractivity contribution >= 4 is 21.9 Å². The quantitative estimate of drug-likeness (QED) is 0.156. The largest absolute Gasteiger partial charge is 0.501 e. The third-order valence-corrected chi connectivity index (χ3v) is 9.73. The molecule has 0 unspecified atom stereocenters.